The van der Waals surface area contributed by atoms with Gasteiger partial charge in [0.25, 0.3) is 0 Å². The van der Waals surface area contributed by atoms with Gasteiger partial charge in [0.2, 0.25) is 18.3 Å². The van der Waals surface area contributed by atoms with Crippen LogP contribution in [0.1, 0.15) is 0 Å². The summed E-state index contributed by atoms with van der Waals surface area (Å²) in [5, 5.41) is 7.61. The molecule has 0 rings (SSSR count). The van der Waals surface area contributed by atoms with Gasteiger partial charge in [-0.3, -0.25) is 0 Å². The molecule has 0 atom stereocenters. The lowest BCUT2D eigenvalue weighted by atomic mass is 11.6. The summed E-state index contributed by atoms with van der Waals surface area (Å²) < 4.78 is 6.69. The van der Waals surface area contributed by atoms with Crippen LogP contribution in [0.2, 0.25) is 0 Å². The molecule has 0 fully saturated rings. The van der Waals surface area contributed by atoms with Crippen LogP contribution in [0.5, 0.6) is 0 Å². The van der Waals surface area contributed by atoms with Crippen LogP contribution >= 0.6 is 12.2 Å². The summed E-state index contributed by atoms with van der Waals surface area (Å²) in [6.45, 7) is 0. The Morgan fingerprint density at radius 3 is 3.00 bits per heavy atom. The topological polar surface area (TPSA) is 62.4 Å². The summed E-state index contributed by atoms with van der Waals surface area (Å²) in [6.07, 6.45) is 2.46. The van der Waals surface area contributed by atoms with Gasteiger partial charge >= 0.3 is 6.26 Å². The number of rotatable bonds is 2. The molecule has 5 heteroatoms. The molecule has 0 spiro atoms. The third-order valence-electron chi connectivity index (χ3n) is 0.149. The van der Waals surface area contributed by atoms with Gasteiger partial charge in [0, 0.05) is 0 Å². The Morgan fingerprint density at radius 2 is 2.57 bits per heavy atom. The van der Waals surface area contributed by atoms with Gasteiger partial charge in [-0.05, 0) is 0 Å². The van der Waals surface area contributed by atoms with Crippen molar-refractivity contribution in [1.29, 1.82) is 5.26 Å². The van der Waals surface area contributed by atoms with Crippen LogP contribution in [-0.2, 0) is 8.98 Å². The number of carbonyl (C=O) groups excluding carboxylic acids is 1. The van der Waals surface area contributed by atoms with Gasteiger partial charge in [0.15, 0.2) is 0 Å². The first-order chi connectivity index (χ1) is 3.41. The van der Waals surface area contributed by atoms with Gasteiger partial charge in [-0.1, -0.05) is 4.40 Å². The van der Waals surface area contributed by atoms with Gasteiger partial charge in [0.1, 0.15) is 0 Å². The third-order valence-corrected chi connectivity index (χ3v) is 0.447. The van der Waals surface area contributed by atoms with E-state index in [1.807, 2.05) is 0 Å². The Hall–Kier alpha value is -0.980. The molecule has 7 heavy (non-hydrogen) atoms. The molecule has 0 radical (unpaired) electrons. The first-order valence-corrected chi connectivity index (χ1v) is 1.90. The molecule has 0 aromatic carbocycles. The normalized spacial score (nSPS) is 5.57. The van der Waals surface area contributed by atoms with Crippen LogP contribution in [-0.4, -0.2) is 6.08 Å². The minimum absolute atomic E-state index is 0.394. The number of nitriles is 1. The van der Waals surface area contributed by atoms with Crippen molar-refractivity contribution in [3.8, 4) is 6.26 Å². The van der Waals surface area contributed by atoms with E-state index in [-0.39, 0.29) is 0 Å². The van der Waals surface area contributed by atoms with Crippen molar-refractivity contribution in [3.63, 3.8) is 0 Å². The highest BCUT2D eigenvalue weighted by Crippen LogP contribution is 1.97. The van der Waals surface area contributed by atoms with E-state index in [0.29, 0.717) is 12.2 Å². The second-order valence-electron chi connectivity index (χ2n) is 0.432. The van der Waals surface area contributed by atoms with E-state index in [2.05, 4.69) is 8.58 Å². The molecule has 0 bridgehead atoms. The smallest absolute Gasteiger partial charge is 0.301 e. The zero-order valence-electron chi connectivity index (χ0n) is 3.12. The second-order valence-corrected chi connectivity index (χ2v) is 0.930. The molecule has 0 aromatic heterocycles. The first kappa shape index (κ1) is 6.02. The Balaban J connectivity index is 3.03. The minimum atomic E-state index is 0.394. The molecule has 0 amide bonds. The SMILES string of the molecule is N#COSN=C=O. The molecule has 0 aliphatic carbocycles. The van der Waals surface area contributed by atoms with Gasteiger partial charge in [0.05, 0.1) is 0 Å². The second kappa shape index (κ2) is 5.02. The van der Waals surface area contributed by atoms with Crippen molar-refractivity contribution >= 4 is 18.3 Å². The summed E-state index contributed by atoms with van der Waals surface area (Å²) >= 11 is 0.394. The molecule has 0 aromatic rings. The van der Waals surface area contributed by atoms with E-state index in [1.165, 1.54) is 6.26 Å². The fraction of sp³-hybridized carbons (Fsp3) is 0. The molecule has 4 nitrogen and oxygen atoms in total. The highest BCUT2D eigenvalue weighted by Gasteiger charge is 1.73. The third kappa shape index (κ3) is 5.02. The van der Waals surface area contributed by atoms with Crippen molar-refractivity contribution in [3.05, 3.63) is 0 Å². The molecular formula is C2N2O2S. The average Bonchev–Trinajstić information content (AvgIpc) is 1.69. The molecule has 36 valence electrons. The lowest BCUT2D eigenvalue weighted by Gasteiger charge is -1.72. The summed E-state index contributed by atoms with van der Waals surface area (Å²) in [4.78, 5) is 9.18. The van der Waals surface area contributed by atoms with Crippen LogP contribution in [0, 0.1) is 11.5 Å². The number of isocyanates is 1. The van der Waals surface area contributed by atoms with E-state index in [9.17, 15) is 4.79 Å². The molecule has 0 saturated carbocycles. The highest BCUT2D eigenvalue weighted by molar-refractivity contribution is 7.93. The molecule has 0 aliphatic heterocycles. The molecule has 0 N–H and O–H groups in total. The van der Waals surface area contributed by atoms with Crippen LogP contribution in [0.4, 0.5) is 0 Å². The van der Waals surface area contributed by atoms with Crippen LogP contribution in [0.15, 0.2) is 4.40 Å². The van der Waals surface area contributed by atoms with E-state index < -0.39 is 0 Å². The molecule has 0 aliphatic rings. The van der Waals surface area contributed by atoms with E-state index in [1.54, 1.807) is 0 Å². The maximum atomic E-state index is 9.18. The van der Waals surface area contributed by atoms with Gasteiger partial charge in [-0.2, -0.15) is 0 Å². The Kier molecular flexibility index (Phi) is 4.32. The summed E-state index contributed by atoms with van der Waals surface area (Å²) in [7, 11) is 0. The lowest BCUT2D eigenvalue weighted by molar-refractivity contribution is 0.564. The molecule has 0 heterocycles. The van der Waals surface area contributed by atoms with E-state index in [0.717, 1.165) is 6.08 Å². The van der Waals surface area contributed by atoms with Gasteiger partial charge in [-0.25, -0.2) is 4.79 Å². The Labute approximate surface area is 44.1 Å². The quantitative estimate of drug-likeness (QED) is 0.131. The van der Waals surface area contributed by atoms with Crippen LogP contribution < -0.4 is 0 Å². The number of hydrogen-bond donors (Lipinski definition) is 0. The Bertz CT molecular complexity index is 122. The predicted molar refractivity (Wildman–Crippen MR) is 22.4 cm³/mol. The zero-order valence-corrected chi connectivity index (χ0v) is 3.94. The monoisotopic (exact) mass is 116 g/mol. The van der Waals surface area contributed by atoms with Crippen molar-refractivity contribution in [2.45, 2.75) is 0 Å². The van der Waals surface area contributed by atoms with Crippen LogP contribution in [0.3, 0.4) is 0 Å². The standard InChI is InChI=1S/C2N2O2S/c3-1-6-7-4-2-5. The largest absolute Gasteiger partial charge is 0.326 e. The fourth-order valence-electron chi connectivity index (χ4n) is 0.0505. The van der Waals surface area contributed by atoms with Crippen LogP contribution in [0.25, 0.3) is 0 Å². The Morgan fingerprint density at radius 1 is 1.86 bits per heavy atom. The lowest BCUT2D eigenvalue weighted by Crippen LogP contribution is -1.55. The predicted octanol–water partition coefficient (Wildman–Crippen LogP) is 0.383. The fourth-order valence-corrected chi connectivity index (χ4v) is 0.152. The van der Waals surface area contributed by atoms with Crippen molar-refractivity contribution < 1.29 is 8.98 Å². The molecule has 0 unspecified atom stereocenters. The summed E-state index contributed by atoms with van der Waals surface area (Å²) in [5.74, 6) is 0. The summed E-state index contributed by atoms with van der Waals surface area (Å²) in [5.41, 5.74) is 0. The van der Waals surface area contributed by atoms with Crippen molar-refractivity contribution in [2.24, 2.45) is 4.40 Å². The minimum Gasteiger partial charge on any atom is -0.326 e. The number of nitrogens with zero attached hydrogens (tertiary/aromatic N) is 2. The molecule has 0 saturated heterocycles. The van der Waals surface area contributed by atoms with Gasteiger partial charge in [-0.15, -0.1) is 5.26 Å². The van der Waals surface area contributed by atoms with E-state index >= 15 is 0 Å². The maximum Gasteiger partial charge on any atom is 0.301 e. The number of hydrogen-bond acceptors (Lipinski definition) is 5. The van der Waals surface area contributed by atoms with Crippen molar-refractivity contribution in [2.75, 3.05) is 0 Å². The highest BCUT2D eigenvalue weighted by atomic mass is 32.2. The maximum absolute atomic E-state index is 9.18. The first-order valence-electron chi connectivity index (χ1n) is 1.20. The molecular weight excluding hydrogens is 116 g/mol. The van der Waals surface area contributed by atoms with E-state index in [4.69, 9.17) is 5.26 Å². The van der Waals surface area contributed by atoms with Crippen molar-refractivity contribution in [1.82, 2.24) is 0 Å². The summed E-state index contributed by atoms with van der Waals surface area (Å²) in [6, 6.07) is 0. The zero-order chi connectivity index (χ0) is 5.54. The van der Waals surface area contributed by atoms with Gasteiger partial charge < -0.3 is 4.18 Å². The average molecular weight is 116 g/mol.